The minimum atomic E-state index is 0.0400. The largest absolute Gasteiger partial charge is 0.496 e. The van der Waals surface area contributed by atoms with Crippen LogP contribution in [0.25, 0.3) is 0 Å². The Hall–Kier alpha value is -2.34. The number of aromatic amines is 1. The third-order valence-electron chi connectivity index (χ3n) is 6.41. The number of nitrogens with one attached hydrogen (secondary N) is 1. The van der Waals surface area contributed by atoms with Gasteiger partial charge in [-0.25, -0.2) is 4.98 Å². The van der Waals surface area contributed by atoms with E-state index >= 15 is 0 Å². The summed E-state index contributed by atoms with van der Waals surface area (Å²) in [5, 5.41) is 0. The van der Waals surface area contributed by atoms with Crippen LogP contribution in [0.3, 0.4) is 0 Å². The third kappa shape index (κ3) is 4.04. The number of H-pyrrole nitrogens is 1. The minimum Gasteiger partial charge on any atom is -0.496 e. The standard InChI is InChI=1S/C23H31N3O3/c1-15-20(28-2)10-9-17(21(15)29-3)13-26-12-11-19-18(14-26)23(27)25-22(24-19)16-7-5-4-6-8-16/h9-10,16H,4-8,11-14H2,1-3H3,(H,24,25,27). The van der Waals surface area contributed by atoms with E-state index in [-0.39, 0.29) is 5.56 Å². The molecule has 1 fully saturated rings. The summed E-state index contributed by atoms with van der Waals surface area (Å²) in [6.45, 7) is 4.25. The van der Waals surface area contributed by atoms with Crippen molar-refractivity contribution in [2.75, 3.05) is 20.8 Å². The fourth-order valence-electron chi connectivity index (χ4n) is 4.80. The summed E-state index contributed by atoms with van der Waals surface area (Å²) >= 11 is 0. The fourth-order valence-corrected chi connectivity index (χ4v) is 4.80. The molecule has 1 aliphatic heterocycles. The summed E-state index contributed by atoms with van der Waals surface area (Å²) in [7, 11) is 3.36. The molecule has 1 aromatic carbocycles. The predicted molar refractivity (Wildman–Crippen MR) is 113 cm³/mol. The number of aromatic nitrogens is 2. The van der Waals surface area contributed by atoms with Crippen molar-refractivity contribution in [3.05, 3.63) is 50.7 Å². The van der Waals surface area contributed by atoms with Crippen LogP contribution in [0, 0.1) is 6.92 Å². The van der Waals surface area contributed by atoms with Gasteiger partial charge in [0.2, 0.25) is 0 Å². The van der Waals surface area contributed by atoms with Crippen molar-refractivity contribution in [3.63, 3.8) is 0 Å². The van der Waals surface area contributed by atoms with Crippen LogP contribution in [0.5, 0.6) is 11.5 Å². The first kappa shape index (κ1) is 20.0. The molecule has 1 saturated carbocycles. The number of methoxy groups -OCH3 is 2. The van der Waals surface area contributed by atoms with E-state index in [0.29, 0.717) is 12.5 Å². The molecule has 0 atom stereocenters. The fraction of sp³-hybridized carbons (Fsp3) is 0.565. The van der Waals surface area contributed by atoms with Crippen molar-refractivity contribution in [1.29, 1.82) is 0 Å². The highest BCUT2D eigenvalue weighted by atomic mass is 16.5. The summed E-state index contributed by atoms with van der Waals surface area (Å²) in [6.07, 6.45) is 6.88. The topological polar surface area (TPSA) is 67.5 Å². The lowest BCUT2D eigenvalue weighted by atomic mass is 9.88. The first-order chi connectivity index (χ1) is 14.1. The smallest absolute Gasteiger partial charge is 0.255 e. The van der Waals surface area contributed by atoms with Gasteiger partial charge in [0.05, 0.1) is 25.5 Å². The summed E-state index contributed by atoms with van der Waals surface area (Å²) < 4.78 is 11.1. The van der Waals surface area contributed by atoms with Crippen LogP contribution < -0.4 is 15.0 Å². The van der Waals surface area contributed by atoms with Gasteiger partial charge >= 0.3 is 0 Å². The minimum absolute atomic E-state index is 0.0400. The molecule has 0 bridgehead atoms. The molecule has 0 saturated heterocycles. The van der Waals surface area contributed by atoms with Crippen molar-refractivity contribution in [3.8, 4) is 11.5 Å². The lowest BCUT2D eigenvalue weighted by Gasteiger charge is -2.29. The Morgan fingerprint density at radius 3 is 2.69 bits per heavy atom. The lowest BCUT2D eigenvalue weighted by molar-refractivity contribution is 0.237. The Morgan fingerprint density at radius 2 is 1.97 bits per heavy atom. The van der Waals surface area contributed by atoms with Gasteiger partial charge < -0.3 is 14.5 Å². The second kappa shape index (κ2) is 8.57. The van der Waals surface area contributed by atoms with Gasteiger partial charge in [0, 0.05) is 43.1 Å². The van der Waals surface area contributed by atoms with Crippen LogP contribution in [-0.4, -0.2) is 35.6 Å². The molecule has 6 heteroatoms. The van der Waals surface area contributed by atoms with Crippen LogP contribution in [0.15, 0.2) is 16.9 Å². The predicted octanol–water partition coefficient (Wildman–Crippen LogP) is 3.70. The number of hydrogen-bond acceptors (Lipinski definition) is 5. The van der Waals surface area contributed by atoms with Crippen molar-refractivity contribution in [2.24, 2.45) is 0 Å². The van der Waals surface area contributed by atoms with Gasteiger partial charge in [-0.3, -0.25) is 9.69 Å². The van der Waals surface area contributed by atoms with Crippen LogP contribution in [0.1, 0.15) is 66.2 Å². The summed E-state index contributed by atoms with van der Waals surface area (Å²) in [5.41, 5.74) is 3.96. The summed E-state index contributed by atoms with van der Waals surface area (Å²) in [4.78, 5) is 23.1. The van der Waals surface area contributed by atoms with E-state index in [0.717, 1.165) is 72.1 Å². The zero-order valence-electron chi connectivity index (χ0n) is 17.7. The molecule has 0 amide bonds. The van der Waals surface area contributed by atoms with Crippen molar-refractivity contribution in [2.45, 2.75) is 64.5 Å². The second-order valence-corrected chi connectivity index (χ2v) is 8.26. The van der Waals surface area contributed by atoms with E-state index in [9.17, 15) is 4.79 Å². The molecule has 1 aromatic heterocycles. The van der Waals surface area contributed by atoms with Gasteiger partial charge in [-0.1, -0.05) is 25.3 Å². The Kier molecular flexibility index (Phi) is 5.90. The monoisotopic (exact) mass is 397 g/mol. The average molecular weight is 398 g/mol. The van der Waals surface area contributed by atoms with Crippen molar-refractivity contribution >= 4 is 0 Å². The van der Waals surface area contributed by atoms with E-state index in [2.05, 4.69) is 16.0 Å². The third-order valence-corrected chi connectivity index (χ3v) is 6.41. The highest BCUT2D eigenvalue weighted by molar-refractivity contribution is 5.49. The van der Waals surface area contributed by atoms with E-state index in [4.69, 9.17) is 14.5 Å². The second-order valence-electron chi connectivity index (χ2n) is 8.26. The maximum atomic E-state index is 12.8. The number of nitrogens with zero attached hydrogens (tertiary/aromatic N) is 2. The molecule has 1 aliphatic carbocycles. The quantitative estimate of drug-likeness (QED) is 0.833. The highest BCUT2D eigenvalue weighted by Gasteiger charge is 2.25. The molecule has 0 spiro atoms. The SMILES string of the molecule is COc1ccc(CN2CCc3nc(C4CCCCC4)[nH]c(=O)c3C2)c(OC)c1C. The number of fused-ring (bicyclic) bond motifs is 1. The van der Waals surface area contributed by atoms with Crippen molar-refractivity contribution < 1.29 is 9.47 Å². The van der Waals surface area contributed by atoms with Gasteiger partial charge in [0.1, 0.15) is 17.3 Å². The number of rotatable bonds is 5. The van der Waals surface area contributed by atoms with Gasteiger partial charge in [0.15, 0.2) is 0 Å². The van der Waals surface area contributed by atoms with E-state index in [1.54, 1.807) is 14.2 Å². The van der Waals surface area contributed by atoms with Crippen LogP contribution >= 0.6 is 0 Å². The molecule has 6 nitrogen and oxygen atoms in total. The molecule has 2 aliphatic rings. The van der Waals surface area contributed by atoms with Crippen LogP contribution in [0.4, 0.5) is 0 Å². The highest BCUT2D eigenvalue weighted by Crippen LogP contribution is 2.33. The Labute approximate surface area is 172 Å². The molecule has 2 aromatic rings. The average Bonchev–Trinajstić information content (AvgIpc) is 2.75. The zero-order valence-corrected chi connectivity index (χ0v) is 17.7. The van der Waals surface area contributed by atoms with Crippen LogP contribution in [-0.2, 0) is 19.5 Å². The normalized spacial score (nSPS) is 17.8. The lowest BCUT2D eigenvalue weighted by Crippen LogP contribution is -2.36. The molecular weight excluding hydrogens is 366 g/mol. The molecule has 156 valence electrons. The molecule has 2 heterocycles. The number of benzene rings is 1. The number of hydrogen-bond donors (Lipinski definition) is 1. The molecule has 29 heavy (non-hydrogen) atoms. The Balaban J connectivity index is 1.54. The molecule has 1 N–H and O–H groups in total. The molecule has 0 unspecified atom stereocenters. The summed E-state index contributed by atoms with van der Waals surface area (Å²) in [6, 6.07) is 4.03. The van der Waals surface area contributed by atoms with Crippen LogP contribution in [0.2, 0.25) is 0 Å². The van der Waals surface area contributed by atoms with E-state index < -0.39 is 0 Å². The van der Waals surface area contributed by atoms with Gasteiger partial charge in [-0.15, -0.1) is 0 Å². The van der Waals surface area contributed by atoms with Gasteiger partial charge in [-0.05, 0) is 25.8 Å². The first-order valence-corrected chi connectivity index (χ1v) is 10.7. The number of ether oxygens (including phenoxy) is 2. The summed E-state index contributed by atoms with van der Waals surface area (Å²) in [5.74, 6) is 3.01. The Bertz CT molecular complexity index is 932. The molecule has 4 rings (SSSR count). The van der Waals surface area contributed by atoms with E-state index in [1.807, 2.05) is 13.0 Å². The molecule has 0 radical (unpaired) electrons. The van der Waals surface area contributed by atoms with Gasteiger partial charge in [-0.2, -0.15) is 0 Å². The van der Waals surface area contributed by atoms with Crippen molar-refractivity contribution in [1.82, 2.24) is 14.9 Å². The maximum absolute atomic E-state index is 12.8. The first-order valence-electron chi connectivity index (χ1n) is 10.7. The Morgan fingerprint density at radius 1 is 1.17 bits per heavy atom. The maximum Gasteiger partial charge on any atom is 0.255 e. The van der Waals surface area contributed by atoms with E-state index in [1.165, 1.54) is 19.3 Å². The zero-order chi connectivity index (χ0) is 20.4. The molecular formula is C23H31N3O3. The van der Waals surface area contributed by atoms with Gasteiger partial charge in [0.25, 0.3) is 5.56 Å².